The lowest BCUT2D eigenvalue weighted by Gasteiger charge is -2.26. The topological polar surface area (TPSA) is 63.6 Å². The molecule has 0 radical (unpaired) electrons. The average Bonchev–Trinajstić information content (AvgIpc) is 3.48. The Morgan fingerprint density at radius 3 is 2.48 bits per heavy atom. The van der Waals surface area contributed by atoms with E-state index in [1.54, 1.807) is 4.57 Å². The molecular formula is C34H37N3O3. The van der Waals surface area contributed by atoms with Crippen molar-refractivity contribution in [1.29, 1.82) is 0 Å². The van der Waals surface area contributed by atoms with Crippen LogP contribution in [0.5, 0.6) is 0 Å². The number of amides is 1. The third-order valence-corrected chi connectivity index (χ3v) is 7.92. The molecule has 6 nitrogen and oxygen atoms in total. The zero-order valence-electron chi connectivity index (χ0n) is 23.8. The number of rotatable bonds is 4. The van der Waals surface area contributed by atoms with E-state index >= 15 is 0 Å². The Hall–Kier alpha value is -3.90. The third kappa shape index (κ3) is 5.04. The SMILES string of the molecule is Cc1ccccc1-c1cc2c(c(-c3cc4cc(CN5CCCCC5)ccc4n3C(=O)OC(C)(C)C)c1)C(=O)NC2. The summed E-state index contributed by atoms with van der Waals surface area (Å²) in [6.45, 7) is 11.3. The van der Waals surface area contributed by atoms with E-state index in [4.69, 9.17) is 4.74 Å². The monoisotopic (exact) mass is 535 g/mol. The molecule has 3 aromatic carbocycles. The first-order valence-electron chi connectivity index (χ1n) is 14.3. The zero-order chi connectivity index (χ0) is 28.0. The molecule has 0 saturated carbocycles. The molecule has 0 atom stereocenters. The summed E-state index contributed by atoms with van der Waals surface area (Å²) in [6, 6.07) is 20.7. The molecule has 3 heterocycles. The first-order valence-corrected chi connectivity index (χ1v) is 14.3. The molecule has 1 amide bonds. The van der Waals surface area contributed by atoms with Gasteiger partial charge in [0.25, 0.3) is 5.91 Å². The molecule has 0 spiro atoms. The largest absolute Gasteiger partial charge is 0.443 e. The first-order chi connectivity index (χ1) is 19.2. The Morgan fingerprint density at radius 2 is 1.73 bits per heavy atom. The van der Waals surface area contributed by atoms with Gasteiger partial charge in [-0.15, -0.1) is 0 Å². The summed E-state index contributed by atoms with van der Waals surface area (Å²) < 4.78 is 7.55. The lowest BCUT2D eigenvalue weighted by atomic mass is 9.92. The Kier molecular flexibility index (Phi) is 6.75. The van der Waals surface area contributed by atoms with Crippen molar-refractivity contribution in [3.05, 3.63) is 82.9 Å². The molecule has 1 fully saturated rings. The van der Waals surface area contributed by atoms with Gasteiger partial charge in [0.15, 0.2) is 0 Å². The van der Waals surface area contributed by atoms with Gasteiger partial charge in [0.05, 0.1) is 16.8 Å². The van der Waals surface area contributed by atoms with Crippen LogP contribution in [0.15, 0.2) is 60.7 Å². The van der Waals surface area contributed by atoms with Gasteiger partial charge in [-0.3, -0.25) is 9.69 Å². The highest BCUT2D eigenvalue weighted by molar-refractivity contribution is 6.07. The quantitative estimate of drug-likeness (QED) is 0.298. The second-order valence-corrected chi connectivity index (χ2v) is 12.1. The standard InChI is InChI=1S/C34H37N3O3/c1-22-10-6-7-11-27(22)24-17-26-20-35-32(38)31(26)28(18-24)30-19-25-16-23(21-36-14-8-5-9-15-36)12-13-29(25)37(30)33(39)40-34(2,3)4/h6-7,10-13,16-19H,5,8-9,14-15,20-21H2,1-4H3,(H,35,38). The molecule has 0 unspecified atom stereocenters. The number of nitrogens with zero attached hydrogens (tertiary/aromatic N) is 2. The lowest BCUT2D eigenvalue weighted by molar-refractivity contribution is 0.0547. The van der Waals surface area contributed by atoms with Crippen LogP contribution in [0, 0.1) is 6.92 Å². The van der Waals surface area contributed by atoms with Crippen LogP contribution in [0.1, 0.15) is 67.1 Å². The molecule has 2 aliphatic heterocycles. The molecular weight excluding hydrogens is 498 g/mol. The van der Waals surface area contributed by atoms with Gasteiger partial charge in [0, 0.05) is 24.0 Å². The number of piperidine rings is 1. The maximum atomic E-state index is 13.8. The van der Waals surface area contributed by atoms with Crippen LogP contribution < -0.4 is 5.32 Å². The highest BCUT2D eigenvalue weighted by Crippen LogP contribution is 2.38. The Balaban J connectivity index is 1.54. The Morgan fingerprint density at radius 1 is 0.950 bits per heavy atom. The summed E-state index contributed by atoms with van der Waals surface area (Å²) in [5.74, 6) is -0.117. The molecule has 1 aromatic heterocycles. The van der Waals surface area contributed by atoms with Crippen molar-refractivity contribution in [2.45, 2.75) is 65.6 Å². The normalized spacial score (nSPS) is 15.8. The molecule has 0 aliphatic carbocycles. The van der Waals surface area contributed by atoms with Crippen LogP contribution in [0.25, 0.3) is 33.3 Å². The maximum absolute atomic E-state index is 13.8. The van der Waals surface area contributed by atoms with E-state index in [0.717, 1.165) is 58.4 Å². The van der Waals surface area contributed by atoms with Gasteiger partial charge in [-0.05, 0) is 112 Å². The second-order valence-electron chi connectivity index (χ2n) is 12.1. The lowest BCUT2D eigenvalue weighted by Crippen LogP contribution is -2.29. The summed E-state index contributed by atoms with van der Waals surface area (Å²) in [5, 5.41) is 3.96. The van der Waals surface area contributed by atoms with Crippen molar-refractivity contribution in [2.75, 3.05) is 13.1 Å². The summed E-state index contributed by atoms with van der Waals surface area (Å²) in [5.41, 5.74) is 7.59. The first kappa shape index (κ1) is 26.3. The van der Waals surface area contributed by atoms with Crippen molar-refractivity contribution in [3.63, 3.8) is 0 Å². The van der Waals surface area contributed by atoms with E-state index in [0.29, 0.717) is 17.8 Å². The number of fused-ring (bicyclic) bond motifs is 2. The number of benzene rings is 3. The minimum atomic E-state index is -0.665. The Bertz CT molecular complexity index is 1620. The fourth-order valence-corrected chi connectivity index (χ4v) is 6.07. The number of aromatic nitrogens is 1. The molecule has 6 rings (SSSR count). The number of carbonyl (C=O) groups is 2. The number of aryl methyl sites for hydroxylation is 1. The van der Waals surface area contributed by atoms with Crippen molar-refractivity contribution in [2.24, 2.45) is 0 Å². The van der Waals surface area contributed by atoms with Gasteiger partial charge >= 0.3 is 6.09 Å². The molecule has 6 heteroatoms. The number of hydrogen-bond acceptors (Lipinski definition) is 4. The van der Waals surface area contributed by atoms with Crippen molar-refractivity contribution >= 4 is 22.9 Å². The van der Waals surface area contributed by atoms with Gasteiger partial charge in [-0.2, -0.15) is 0 Å². The summed E-state index contributed by atoms with van der Waals surface area (Å²) in [6.07, 6.45) is 3.34. The average molecular weight is 536 g/mol. The number of likely N-dealkylation sites (tertiary alicyclic amines) is 1. The number of hydrogen-bond donors (Lipinski definition) is 1. The molecule has 40 heavy (non-hydrogen) atoms. The van der Waals surface area contributed by atoms with Gasteiger partial charge in [-0.25, -0.2) is 9.36 Å². The molecule has 4 aromatic rings. The van der Waals surface area contributed by atoms with E-state index in [1.807, 2.05) is 45.0 Å². The van der Waals surface area contributed by atoms with Crippen molar-refractivity contribution in [1.82, 2.24) is 14.8 Å². The van der Waals surface area contributed by atoms with Crippen LogP contribution >= 0.6 is 0 Å². The summed E-state index contributed by atoms with van der Waals surface area (Å²) in [4.78, 5) is 29.4. The molecule has 2 aliphatic rings. The second kappa shape index (κ2) is 10.3. The van der Waals surface area contributed by atoms with E-state index in [1.165, 1.54) is 24.8 Å². The van der Waals surface area contributed by atoms with Crippen LogP contribution in [-0.2, 0) is 17.8 Å². The van der Waals surface area contributed by atoms with E-state index < -0.39 is 11.7 Å². The third-order valence-electron chi connectivity index (χ3n) is 7.92. The smallest absolute Gasteiger partial charge is 0.419 e. The number of carbonyl (C=O) groups excluding carboxylic acids is 2. The van der Waals surface area contributed by atoms with Gasteiger partial charge in [0.2, 0.25) is 0 Å². The minimum absolute atomic E-state index is 0.117. The summed E-state index contributed by atoms with van der Waals surface area (Å²) in [7, 11) is 0. The fourth-order valence-electron chi connectivity index (χ4n) is 6.07. The van der Waals surface area contributed by atoms with Gasteiger partial charge in [0.1, 0.15) is 5.60 Å². The number of ether oxygens (including phenoxy) is 1. The van der Waals surface area contributed by atoms with E-state index in [-0.39, 0.29) is 5.91 Å². The minimum Gasteiger partial charge on any atom is -0.443 e. The maximum Gasteiger partial charge on any atom is 0.419 e. The van der Waals surface area contributed by atoms with E-state index in [2.05, 4.69) is 53.5 Å². The van der Waals surface area contributed by atoms with Crippen LogP contribution in [0.2, 0.25) is 0 Å². The van der Waals surface area contributed by atoms with Gasteiger partial charge < -0.3 is 10.1 Å². The zero-order valence-corrected chi connectivity index (χ0v) is 23.8. The van der Waals surface area contributed by atoms with Gasteiger partial charge in [-0.1, -0.05) is 36.8 Å². The predicted octanol–water partition coefficient (Wildman–Crippen LogP) is 7.30. The van der Waals surface area contributed by atoms with Crippen LogP contribution in [-0.4, -0.2) is 40.2 Å². The summed E-state index contributed by atoms with van der Waals surface area (Å²) >= 11 is 0. The highest BCUT2D eigenvalue weighted by Gasteiger charge is 2.29. The van der Waals surface area contributed by atoms with Crippen LogP contribution in [0.4, 0.5) is 4.79 Å². The molecule has 1 N–H and O–H groups in total. The van der Waals surface area contributed by atoms with Crippen LogP contribution in [0.3, 0.4) is 0 Å². The molecule has 206 valence electrons. The Labute approximate surface area is 235 Å². The highest BCUT2D eigenvalue weighted by atomic mass is 16.6. The number of nitrogens with one attached hydrogen (secondary N) is 1. The fraction of sp³-hybridized carbons (Fsp3) is 0.353. The predicted molar refractivity (Wildman–Crippen MR) is 159 cm³/mol. The molecule has 0 bridgehead atoms. The van der Waals surface area contributed by atoms with E-state index in [9.17, 15) is 9.59 Å². The van der Waals surface area contributed by atoms with Crippen molar-refractivity contribution in [3.8, 4) is 22.4 Å². The molecule has 1 saturated heterocycles. The van der Waals surface area contributed by atoms with Crippen molar-refractivity contribution < 1.29 is 14.3 Å².